The van der Waals surface area contributed by atoms with Crippen molar-refractivity contribution >= 4 is 16.7 Å². The number of nitrogens with zero attached hydrogens (tertiary/aromatic N) is 3. The van der Waals surface area contributed by atoms with E-state index in [1.807, 2.05) is 35.2 Å². The van der Waals surface area contributed by atoms with Crippen LogP contribution in [-0.2, 0) is 0 Å². The number of likely N-dealkylation sites (tertiary alicyclic amines) is 2. The Balaban J connectivity index is 1.49. The van der Waals surface area contributed by atoms with Crippen molar-refractivity contribution in [1.29, 1.82) is 0 Å². The molecule has 3 heterocycles. The Morgan fingerprint density at radius 1 is 1.04 bits per heavy atom. The van der Waals surface area contributed by atoms with Gasteiger partial charge in [0, 0.05) is 43.7 Å². The summed E-state index contributed by atoms with van der Waals surface area (Å²) in [5, 5.41) is 11.8. The van der Waals surface area contributed by atoms with Gasteiger partial charge in [0.25, 0.3) is 5.91 Å². The number of rotatable bonds is 4. The second kappa shape index (κ2) is 8.36. The van der Waals surface area contributed by atoms with Gasteiger partial charge in [-0.2, -0.15) is 0 Å². The minimum atomic E-state index is -0.0105. The molecular weight excluding hydrogens is 338 g/mol. The standard InChI is InChI=1S/C22H29N3O2/c26-16-19-15-25(14-18(19)13-24-11-5-1-2-6-12-24)22(27)21-20-8-4-3-7-17(20)9-10-23-21/h3-4,7-10,18-19,26H,1-2,5-6,11-16H2/t18-,19-/m1/s1. The molecule has 2 saturated heterocycles. The molecule has 2 atom stereocenters. The Morgan fingerprint density at radius 3 is 2.56 bits per heavy atom. The second-order valence-electron chi connectivity index (χ2n) is 8.01. The molecule has 1 aromatic heterocycles. The van der Waals surface area contributed by atoms with E-state index >= 15 is 0 Å². The molecule has 0 aliphatic carbocycles. The van der Waals surface area contributed by atoms with Crippen LogP contribution in [0.3, 0.4) is 0 Å². The third-order valence-electron chi connectivity index (χ3n) is 6.17. The van der Waals surface area contributed by atoms with Crippen molar-refractivity contribution in [3.05, 3.63) is 42.2 Å². The van der Waals surface area contributed by atoms with E-state index in [-0.39, 0.29) is 18.4 Å². The van der Waals surface area contributed by atoms with Gasteiger partial charge in [-0.25, -0.2) is 0 Å². The average molecular weight is 367 g/mol. The topological polar surface area (TPSA) is 56.7 Å². The predicted molar refractivity (Wildman–Crippen MR) is 107 cm³/mol. The van der Waals surface area contributed by atoms with Crippen LogP contribution in [0.15, 0.2) is 36.5 Å². The van der Waals surface area contributed by atoms with E-state index in [9.17, 15) is 9.90 Å². The first kappa shape index (κ1) is 18.4. The Labute approximate surface area is 161 Å². The monoisotopic (exact) mass is 367 g/mol. The number of carbonyl (C=O) groups is 1. The van der Waals surface area contributed by atoms with Crippen LogP contribution in [0.5, 0.6) is 0 Å². The van der Waals surface area contributed by atoms with E-state index in [0.29, 0.717) is 24.7 Å². The van der Waals surface area contributed by atoms with Crippen LogP contribution in [0.4, 0.5) is 0 Å². The molecule has 144 valence electrons. The SMILES string of the molecule is O=C(c1nccc2ccccc12)N1C[C@@H](CN2CCCCCC2)[C@@H](CO)C1. The van der Waals surface area contributed by atoms with E-state index in [0.717, 1.165) is 30.4 Å². The summed E-state index contributed by atoms with van der Waals surface area (Å²) in [6.07, 6.45) is 6.88. The van der Waals surface area contributed by atoms with Crippen molar-refractivity contribution in [2.75, 3.05) is 39.3 Å². The Morgan fingerprint density at radius 2 is 1.78 bits per heavy atom. The molecule has 0 saturated carbocycles. The van der Waals surface area contributed by atoms with Gasteiger partial charge in [0.1, 0.15) is 5.69 Å². The van der Waals surface area contributed by atoms with Gasteiger partial charge >= 0.3 is 0 Å². The molecule has 2 aliphatic heterocycles. The summed E-state index contributed by atoms with van der Waals surface area (Å²) in [6, 6.07) is 9.84. The Bertz CT molecular complexity index is 781. The summed E-state index contributed by atoms with van der Waals surface area (Å²) in [6.45, 7) is 4.76. The number of aromatic nitrogens is 1. The number of hydrogen-bond acceptors (Lipinski definition) is 4. The van der Waals surface area contributed by atoms with Crippen LogP contribution < -0.4 is 0 Å². The highest BCUT2D eigenvalue weighted by Crippen LogP contribution is 2.27. The first-order valence-corrected chi connectivity index (χ1v) is 10.2. The number of fused-ring (bicyclic) bond motifs is 1. The zero-order valence-electron chi connectivity index (χ0n) is 15.9. The summed E-state index contributed by atoms with van der Waals surface area (Å²) in [5.41, 5.74) is 0.528. The maximum atomic E-state index is 13.2. The Kier molecular flexibility index (Phi) is 5.69. The van der Waals surface area contributed by atoms with Gasteiger partial charge < -0.3 is 14.9 Å². The van der Waals surface area contributed by atoms with Crippen molar-refractivity contribution in [3.8, 4) is 0 Å². The van der Waals surface area contributed by atoms with Crippen LogP contribution in [0.2, 0.25) is 0 Å². The van der Waals surface area contributed by atoms with Crippen LogP contribution in [-0.4, -0.2) is 65.1 Å². The molecule has 1 N–H and O–H groups in total. The number of aliphatic hydroxyl groups is 1. The van der Waals surface area contributed by atoms with E-state index in [1.165, 1.54) is 25.7 Å². The van der Waals surface area contributed by atoms with Gasteiger partial charge in [-0.3, -0.25) is 9.78 Å². The molecule has 27 heavy (non-hydrogen) atoms. The van der Waals surface area contributed by atoms with E-state index < -0.39 is 0 Å². The van der Waals surface area contributed by atoms with Gasteiger partial charge in [-0.15, -0.1) is 0 Å². The normalized spacial score (nSPS) is 24.3. The lowest BCUT2D eigenvalue weighted by molar-refractivity contribution is 0.0775. The Hall–Kier alpha value is -1.98. The lowest BCUT2D eigenvalue weighted by Crippen LogP contribution is -2.35. The third kappa shape index (κ3) is 3.99. The molecule has 2 aliphatic rings. The van der Waals surface area contributed by atoms with Crippen molar-refractivity contribution in [2.45, 2.75) is 25.7 Å². The van der Waals surface area contributed by atoms with E-state index in [4.69, 9.17) is 0 Å². The van der Waals surface area contributed by atoms with Crippen LogP contribution >= 0.6 is 0 Å². The molecule has 1 aromatic carbocycles. The van der Waals surface area contributed by atoms with Crippen LogP contribution in [0, 0.1) is 11.8 Å². The van der Waals surface area contributed by atoms with Gasteiger partial charge in [0.15, 0.2) is 0 Å². The number of benzene rings is 1. The highest BCUT2D eigenvalue weighted by atomic mass is 16.3. The van der Waals surface area contributed by atoms with Gasteiger partial charge in [0.05, 0.1) is 0 Å². The van der Waals surface area contributed by atoms with E-state index in [1.54, 1.807) is 6.20 Å². The largest absolute Gasteiger partial charge is 0.396 e. The van der Waals surface area contributed by atoms with Crippen LogP contribution in [0.25, 0.3) is 10.8 Å². The van der Waals surface area contributed by atoms with Crippen LogP contribution in [0.1, 0.15) is 36.2 Å². The molecular formula is C22H29N3O2. The molecule has 2 aromatic rings. The van der Waals surface area contributed by atoms with E-state index in [2.05, 4.69) is 9.88 Å². The molecule has 0 radical (unpaired) electrons. The second-order valence-corrected chi connectivity index (χ2v) is 8.01. The smallest absolute Gasteiger partial charge is 0.273 e. The lowest BCUT2D eigenvalue weighted by Gasteiger charge is -2.26. The highest BCUT2D eigenvalue weighted by molar-refractivity contribution is 6.05. The minimum absolute atomic E-state index is 0.0105. The van der Waals surface area contributed by atoms with Gasteiger partial charge in [-0.05, 0) is 43.3 Å². The summed E-state index contributed by atoms with van der Waals surface area (Å²) in [4.78, 5) is 22.0. The maximum Gasteiger partial charge on any atom is 0.273 e. The number of carbonyl (C=O) groups excluding carboxylic acids is 1. The number of amides is 1. The fourth-order valence-corrected chi connectivity index (χ4v) is 4.61. The summed E-state index contributed by atoms with van der Waals surface area (Å²) < 4.78 is 0. The molecule has 2 fully saturated rings. The fourth-order valence-electron chi connectivity index (χ4n) is 4.61. The average Bonchev–Trinajstić information content (AvgIpc) is 2.93. The number of pyridine rings is 1. The van der Waals surface area contributed by atoms with Crippen molar-refractivity contribution in [1.82, 2.24) is 14.8 Å². The summed E-state index contributed by atoms with van der Waals surface area (Å²) >= 11 is 0. The maximum absolute atomic E-state index is 13.2. The predicted octanol–water partition coefficient (Wildman–Crippen LogP) is 2.79. The molecule has 0 unspecified atom stereocenters. The molecule has 4 rings (SSSR count). The molecule has 5 heteroatoms. The molecule has 0 bridgehead atoms. The van der Waals surface area contributed by atoms with Gasteiger partial charge in [0.2, 0.25) is 0 Å². The summed E-state index contributed by atoms with van der Waals surface area (Å²) in [5.74, 6) is 0.489. The molecule has 5 nitrogen and oxygen atoms in total. The first-order chi connectivity index (χ1) is 13.3. The minimum Gasteiger partial charge on any atom is -0.396 e. The lowest BCUT2D eigenvalue weighted by atomic mass is 9.96. The number of hydrogen-bond donors (Lipinski definition) is 1. The van der Waals surface area contributed by atoms with Crippen molar-refractivity contribution < 1.29 is 9.90 Å². The van der Waals surface area contributed by atoms with Crippen molar-refractivity contribution in [2.24, 2.45) is 11.8 Å². The summed E-state index contributed by atoms with van der Waals surface area (Å²) in [7, 11) is 0. The zero-order chi connectivity index (χ0) is 18.6. The quantitative estimate of drug-likeness (QED) is 0.903. The highest BCUT2D eigenvalue weighted by Gasteiger charge is 2.36. The molecule has 0 spiro atoms. The first-order valence-electron chi connectivity index (χ1n) is 10.2. The fraction of sp³-hybridized carbons (Fsp3) is 0.545. The third-order valence-corrected chi connectivity index (χ3v) is 6.17. The number of aliphatic hydroxyl groups excluding tert-OH is 1. The zero-order valence-corrected chi connectivity index (χ0v) is 15.9. The van der Waals surface area contributed by atoms with Gasteiger partial charge in [-0.1, -0.05) is 37.1 Å². The molecule has 1 amide bonds. The van der Waals surface area contributed by atoms with Crippen molar-refractivity contribution in [3.63, 3.8) is 0 Å².